The number of fused-ring (bicyclic) bond motifs is 1. The molecule has 0 unspecified atom stereocenters. The number of hydrogen-bond donors (Lipinski definition) is 2. The molecule has 2 aromatic rings. The summed E-state index contributed by atoms with van der Waals surface area (Å²) < 4.78 is 33.1. The van der Waals surface area contributed by atoms with Crippen LogP contribution in [0.1, 0.15) is 57.8 Å². The zero-order chi connectivity index (χ0) is 25.4. The van der Waals surface area contributed by atoms with Gasteiger partial charge >= 0.3 is 0 Å². The first kappa shape index (κ1) is 25.2. The van der Waals surface area contributed by atoms with Crippen molar-refractivity contribution in [2.24, 2.45) is 17.3 Å². The van der Waals surface area contributed by atoms with E-state index >= 15 is 0 Å². The summed E-state index contributed by atoms with van der Waals surface area (Å²) in [6.07, 6.45) is 4.99. The fraction of sp³-hybridized carbons (Fsp3) is 0.462. The number of anilines is 2. The zero-order valence-corrected chi connectivity index (χ0v) is 21.3. The van der Waals surface area contributed by atoms with Crippen LogP contribution >= 0.6 is 0 Å². The van der Waals surface area contributed by atoms with E-state index in [-0.39, 0.29) is 41.1 Å². The molecule has 1 aliphatic carbocycles. The third-order valence-electron chi connectivity index (χ3n) is 7.08. The molecular formula is C26H33N3O5S. The first-order valence-corrected chi connectivity index (χ1v) is 13.4. The Bertz CT molecular complexity index is 1190. The van der Waals surface area contributed by atoms with Crippen LogP contribution in [0.5, 0.6) is 0 Å². The fourth-order valence-corrected chi connectivity index (χ4v) is 6.24. The van der Waals surface area contributed by atoms with E-state index in [0.29, 0.717) is 22.9 Å². The van der Waals surface area contributed by atoms with Crippen LogP contribution in [0.15, 0.2) is 52.3 Å². The van der Waals surface area contributed by atoms with Crippen molar-refractivity contribution in [3.8, 4) is 0 Å². The topological polar surface area (TPSA) is 109 Å². The van der Waals surface area contributed by atoms with Gasteiger partial charge in [0, 0.05) is 29.8 Å². The maximum Gasteiger partial charge on any atom is 0.250 e. The van der Waals surface area contributed by atoms with Crippen molar-refractivity contribution in [2.45, 2.75) is 64.4 Å². The number of carbonyl (C=O) groups is 2. The molecule has 1 aliphatic heterocycles. The van der Waals surface area contributed by atoms with Gasteiger partial charge in [0.05, 0.1) is 11.4 Å². The number of carbonyl (C=O) groups excluding carboxylic acids is 2. The van der Waals surface area contributed by atoms with Crippen LogP contribution in [0.2, 0.25) is 0 Å². The highest BCUT2D eigenvalue weighted by Gasteiger charge is 2.34. The minimum Gasteiger partial charge on any atom is -0.444 e. The largest absolute Gasteiger partial charge is 0.444 e. The highest BCUT2D eigenvalue weighted by Crippen LogP contribution is 2.40. The highest BCUT2D eigenvalue weighted by atomic mass is 32.2. The molecule has 1 aromatic heterocycles. The summed E-state index contributed by atoms with van der Waals surface area (Å²) in [5.41, 5.74) is 1.56. The van der Waals surface area contributed by atoms with Crippen LogP contribution < -0.4 is 10.6 Å². The highest BCUT2D eigenvalue weighted by molar-refractivity contribution is 7.89. The van der Waals surface area contributed by atoms with Crippen molar-refractivity contribution >= 4 is 33.4 Å². The first-order valence-electron chi connectivity index (χ1n) is 11.9. The minimum absolute atomic E-state index is 0.00331. The average Bonchev–Trinajstić information content (AvgIpc) is 3.38. The van der Waals surface area contributed by atoms with Gasteiger partial charge in [-0.3, -0.25) is 14.9 Å². The number of hydrogen-bond acceptors (Lipinski definition) is 5. The Kier molecular flexibility index (Phi) is 6.92. The van der Waals surface area contributed by atoms with E-state index < -0.39 is 15.9 Å². The van der Waals surface area contributed by atoms with Crippen LogP contribution in [0.4, 0.5) is 11.6 Å². The van der Waals surface area contributed by atoms with Gasteiger partial charge in [-0.1, -0.05) is 27.4 Å². The van der Waals surface area contributed by atoms with Gasteiger partial charge in [-0.15, -0.1) is 0 Å². The van der Waals surface area contributed by atoms with Gasteiger partial charge in [-0.05, 0) is 67.4 Å². The van der Waals surface area contributed by atoms with E-state index in [1.807, 2.05) is 0 Å². The molecule has 0 radical (unpaired) electrons. The fourth-order valence-electron chi connectivity index (χ4n) is 4.87. The molecule has 9 heteroatoms. The molecule has 8 nitrogen and oxygen atoms in total. The molecule has 4 rings (SSSR count). The smallest absolute Gasteiger partial charge is 0.250 e. The van der Waals surface area contributed by atoms with E-state index in [2.05, 4.69) is 38.0 Å². The Labute approximate surface area is 206 Å². The lowest BCUT2D eigenvalue weighted by Gasteiger charge is -2.36. The van der Waals surface area contributed by atoms with E-state index in [1.54, 1.807) is 18.2 Å². The molecule has 2 heterocycles. The summed E-state index contributed by atoms with van der Waals surface area (Å²) in [5, 5.41) is 5.48. The predicted octanol–water partition coefficient (Wildman–Crippen LogP) is 4.90. The molecule has 1 aromatic carbocycles. The number of nitrogens with zero attached hydrogens (tertiary/aromatic N) is 1. The summed E-state index contributed by atoms with van der Waals surface area (Å²) in [6, 6.07) is 7.90. The zero-order valence-electron chi connectivity index (χ0n) is 20.5. The van der Waals surface area contributed by atoms with Crippen LogP contribution in [0, 0.1) is 17.3 Å². The molecule has 0 bridgehead atoms. The standard InChI is InChI=1S/C26H33N3O5S/c1-5-23(30)28-24-14-18-15-29(16-22(18)34-24)35(32,33)21-12-10-20(11-13-21)27-25(31)17-6-8-19(9-7-17)26(2,3)4/h5,10-14,17,19H,1,6-9,15-16H2,2-4H3,(H,27,31)(H,28,30). The normalized spacial score (nSPS) is 20.8. The van der Waals surface area contributed by atoms with Gasteiger partial charge in [0.15, 0.2) is 5.88 Å². The molecule has 2 aliphatic rings. The molecular weight excluding hydrogens is 466 g/mol. The van der Waals surface area contributed by atoms with Crippen molar-refractivity contribution in [1.82, 2.24) is 4.31 Å². The van der Waals surface area contributed by atoms with Crippen LogP contribution in [0.3, 0.4) is 0 Å². The van der Waals surface area contributed by atoms with Crippen LogP contribution in [0.25, 0.3) is 0 Å². The minimum atomic E-state index is -3.75. The molecule has 0 saturated heterocycles. The van der Waals surface area contributed by atoms with Gasteiger partial charge in [-0.2, -0.15) is 4.31 Å². The number of furan rings is 1. The van der Waals surface area contributed by atoms with Gasteiger partial charge in [0.2, 0.25) is 21.8 Å². The third kappa shape index (κ3) is 5.51. The first-order chi connectivity index (χ1) is 16.5. The van der Waals surface area contributed by atoms with Gasteiger partial charge in [0.25, 0.3) is 0 Å². The van der Waals surface area contributed by atoms with Crippen molar-refractivity contribution in [3.63, 3.8) is 0 Å². The van der Waals surface area contributed by atoms with Crippen LogP contribution in [-0.4, -0.2) is 24.5 Å². The molecule has 35 heavy (non-hydrogen) atoms. The monoisotopic (exact) mass is 499 g/mol. The van der Waals surface area contributed by atoms with Crippen molar-refractivity contribution in [1.29, 1.82) is 0 Å². The lowest BCUT2D eigenvalue weighted by molar-refractivity contribution is -0.121. The van der Waals surface area contributed by atoms with E-state index in [4.69, 9.17) is 4.42 Å². The van der Waals surface area contributed by atoms with Crippen LogP contribution in [-0.2, 0) is 32.7 Å². The molecule has 2 amide bonds. The second kappa shape index (κ2) is 9.62. The van der Waals surface area contributed by atoms with E-state index in [0.717, 1.165) is 31.8 Å². The molecule has 2 N–H and O–H groups in total. The Balaban J connectivity index is 1.35. The Morgan fingerprint density at radius 2 is 1.71 bits per heavy atom. The average molecular weight is 500 g/mol. The van der Waals surface area contributed by atoms with Gasteiger partial charge < -0.3 is 9.73 Å². The molecule has 0 spiro atoms. The maximum absolute atomic E-state index is 13.1. The number of benzene rings is 1. The van der Waals surface area contributed by atoms with E-state index in [1.165, 1.54) is 16.4 Å². The van der Waals surface area contributed by atoms with E-state index in [9.17, 15) is 18.0 Å². The Hall–Kier alpha value is -2.91. The lowest BCUT2D eigenvalue weighted by Crippen LogP contribution is -2.31. The summed E-state index contributed by atoms with van der Waals surface area (Å²) >= 11 is 0. The maximum atomic E-state index is 13.1. The Morgan fingerprint density at radius 3 is 2.29 bits per heavy atom. The number of amides is 2. The number of rotatable bonds is 6. The van der Waals surface area contributed by atoms with Gasteiger partial charge in [-0.25, -0.2) is 8.42 Å². The third-order valence-corrected chi connectivity index (χ3v) is 8.88. The summed E-state index contributed by atoms with van der Waals surface area (Å²) in [4.78, 5) is 24.3. The molecule has 1 saturated carbocycles. The van der Waals surface area contributed by atoms with Crippen molar-refractivity contribution in [2.75, 3.05) is 10.6 Å². The second-order valence-electron chi connectivity index (χ2n) is 10.5. The Morgan fingerprint density at radius 1 is 1.06 bits per heavy atom. The molecule has 0 atom stereocenters. The summed E-state index contributed by atoms with van der Waals surface area (Å²) in [6.45, 7) is 10.4. The SMILES string of the molecule is C=CC(=O)Nc1cc2c(o1)CN(S(=O)(=O)c1ccc(NC(=O)C3CCC(C(C)(C)C)CC3)cc1)C2. The van der Waals surface area contributed by atoms with Gasteiger partial charge in [0.1, 0.15) is 5.76 Å². The number of nitrogens with one attached hydrogen (secondary N) is 2. The van der Waals surface area contributed by atoms with Crippen molar-refractivity contribution in [3.05, 3.63) is 54.3 Å². The summed E-state index contributed by atoms with van der Waals surface area (Å²) in [7, 11) is -3.75. The molecule has 188 valence electrons. The van der Waals surface area contributed by atoms with Crippen molar-refractivity contribution < 1.29 is 22.4 Å². The predicted molar refractivity (Wildman–Crippen MR) is 134 cm³/mol. The lowest BCUT2D eigenvalue weighted by atomic mass is 9.69. The number of sulfonamides is 1. The second-order valence-corrected chi connectivity index (χ2v) is 12.4. The quantitative estimate of drug-likeness (QED) is 0.550. The molecule has 1 fully saturated rings. The summed E-state index contributed by atoms with van der Waals surface area (Å²) in [5.74, 6) is 0.991.